The van der Waals surface area contributed by atoms with Crippen LogP contribution >= 0.6 is 0 Å². The van der Waals surface area contributed by atoms with Crippen LogP contribution in [0.4, 0.5) is 0 Å². The first kappa shape index (κ1) is 43.6. The molecule has 0 radical (unpaired) electrons. The van der Waals surface area contributed by atoms with Crippen LogP contribution in [0.1, 0.15) is 157 Å². The molecule has 0 aromatic heterocycles. The number of aryl methyl sites for hydroxylation is 3. The topological polar surface area (TPSA) is 0 Å². The largest absolute Gasteiger partial charge is 0.120 e. The molecule has 0 heterocycles. The smallest absolute Gasteiger partial charge is 0.00834 e. The lowest BCUT2D eigenvalue weighted by Crippen LogP contribution is -2.21. The van der Waals surface area contributed by atoms with Crippen LogP contribution < -0.4 is 0 Å². The minimum absolute atomic E-state index is 0.917. The van der Waals surface area contributed by atoms with E-state index < -0.39 is 0 Å². The Labute approximate surface area is 243 Å². The molecule has 0 nitrogen and oxygen atoms in total. The van der Waals surface area contributed by atoms with Crippen molar-refractivity contribution in [3.8, 4) is 12.3 Å². The molecule has 38 heavy (non-hydrogen) atoms. The predicted octanol–water partition coefficient (Wildman–Crippen LogP) is 13.2. The number of unbranched alkanes of at least 4 members (excludes halogenated alkanes) is 1. The number of hydrogen-bond donors (Lipinski definition) is 0. The minimum atomic E-state index is 0.917. The molecule has 0 bridgehead atoms. The van der Waals surface area contributed by atoms with Gasteiger partial charge in [0.05, 0.1) is 0 Å². The minimum Gasteiger partial charge on any atom is -0.120 e. The van der Waals surface area contributed by atoms with Crippen molar-refractivity contribution in [1.29, 1.82) is 0 Å². The summed E-state index contributed by atoms with van der Waals surface area (Å²) in [5, 5.41) is 0. The zero-order valence-corrected chi connectivity index (χ0v) is 28.5. The lowest BCUT2D eigenvalue weighted by atomic mass is 9.72. The maximum absolute atomic E-state index is 4.89. The summed E-state index contributed by atoms with van der Waals surface area (Å²) in [7, 11) is 0. The standard InChI is InChI=1S/C10H14.2C8H16.C5H8.C3H8.C2H6.C2H4/c1-4-10-7-8(2)5-6-9(10)3;1-7-3-5-8(2)6-4-7;1-3-7-5-8(4-2)6-7;1-3-5-4-2;1-3-2;2*1-2/h5-7H,4H2,1-3H3;2*7-8H,3-6H2,1-2H3;1H,4-5H2,2H3;3H2,1-2H3;1-2H3;1-2H2. The fourth-order valence-corrected chi connectivity index (χ4v) is 4.29. The predicted molar refractivity (Wildman–Crippen MR) is 181 cm³/mol. The van der Waals surface area contributed by atoms with Crippen LogP contribution in [0.2, 0.25) is 0 Å². The molecule has 224 valence electrons. The number of rotatable bonds is 4. The highest BCUT2D eigenvalue weighted by molar-refractivity contribution is 5.30. The average molecular weight is 529 g/mol. The van der Waals surface area contributed by atoms with Crippen LogP contribution in [0.3, 0.4) is 0 Å². The highest BCUT2D eigenvalue weighted by atomic mass is 14.3. The van der Waals surface area contributed by atoms with Gasteiger partial charge in [-0.25, -0.2) is 0 Å². The molecule has 1 aromatic carbocycles. The lowest BCUT2D eigenvalue weighted by molar-refractivity contribution is 0.183. The van der Waals surface area contributed by atoms with Gasteiger partial charge in [-0.3, -0.25) is 0 Å². The normalized spacial score (nSPS) is 20.3. The molecule has 0 saturated heterocycles. The van der Waals surface area contributed by atoms with Gasteiger partial charge in [-0.05, 0) is 74.3 Å². The monoisotopic (exact) mass is 529 g/mol. The summed E-state index contributed by atoms with van der Waals surface area (Å²) in [5.74, 6) is 6.75. The van der Waals surface area contributed by atoms with Crippen molar-refractivity contribution in [2.45, 2.75) is 160 Å². The molecule has 0 heteroatoms. The zero-order chi connectivity index (χ0) is 30.4. The second-order valence-corrected chi connectivity index (χ2v) is 10.8. The maximum atomic E-state index is 4.89. The van der Waals surface area contributed by atoms with Gasteiger partial charge in [0.25, 0.3) is 0 Å². The third-order valence-corrected chi connectivity index (χ3v) is 7.07. The quantitative estimate of drug-likeness (QED) is 0.269. The van der Waals surface area contributed by atoms with Crippen molar-refractivity contribution in [3.05, 3.63) is 48.0 Å². The van der Waals surface area contributed by atoms with Crippen molar-refractivity contribution < 1.29 is 0 Å². The summed E-state index contributed by atoms with van der Waals surface area (Å²) in [6.07, 6.45) is 21.1. The molecule has 2 aliphatic carbocycles. The van der Waals surface area contributed by atoms with E-state index in [0.717, 1.165) is 42.9 Å². The van der Waals surface area contributed by atoms with Crippen molar-refractivity contribution >= 4 is 0 Å². The Morgan fingerprint density at radius 1 is 0.789 bits per heavy atom. The molecule has 0 spiro atoms. The Morgan fingerprint density at radius 3 is 1.42 bits per heavy atom. The fourth-order valence-electron chi connectivity index (χ4n) is 4.29. The van der Waals surface area contributed by atoms with Crippen LogP contribution in [0.15, 0.2) is 31.4 Å². The third kappa shape index (κ3) is 27.6. The first-order valence-corrected chi connectivity index (χ1v) is 16.2. The summed E-state index contributed by atoms with van der Waals surface area (Å²) in [4.78, 5) is 0. The van der Waals surface area contributed by atoms with Gasteiger partial charge in [0.2, 0.25) is 0 Å². The third-order valence-electron chi connectivity index (χ3n) is 7.07. The number of benzene rings is 1. The summed E-state index contributed by atoms with van der Waals surface area (Å²) in [6, 6.07) is 6.61. The molecule has 2 aliphatic rings. The fraction of sp³-hybridized carbons (Fsp3) is 0.737. The van der Waals surface area contributed by atoms with Crippen LogP contribution in [0, 0.1) is 49.9 Å². The SMILES string of the molecule is C#CCCC.C=C.CC.CC1CCC(C)CC1.CCC.CCC1CC(CC)C1.CCc1cc(C)ccc1C. The Kier molecular flexibility index (Phi) is 38.5. The highest BCUT2D eigenvalue weighted by Gasteiger charge is 2.25. The molecule has 2 fully saturated rings. The molecule has 0 N–H and O–H groups in total. The van der Waals surface area contributed by atoms with Gasteiger partial charge < -0.3 is 0 Å². The van der Waals surface area contributed by atoms with Crippen molar-refractivity contribution in [3.63, 3.8) is 0 Å². The van der Waals surface area contributed by atoms with E-state index in [9.17, 15) is 0 Å². The molecule has 2 saturated carbocycles. The summed E-state index contributed by atoms with van der Waals surface area (Å²) in [5.41, 5.74) is 4.25. The van der Waals surface area contributed by atoms with E-state index in [4.69, 9.17) is 6.42 Å². The Balaban J connectivity index is -0.000000191. The van der Waals surface area contributed by atoms with E-state index in [2.05, 4.69) is 107 Å². The molecular formula is C38H72. The summed E-state index contributed by atoms with van der Waals surface area (Å²) in [6.45, 7) is 32.2. The molecule has 1 aromatic rings. The van der Waals surface area contributed by atoms with E-state index >= 15 is 0 Å². The Bertz CT molecular complexity index is 583. The Morgan fingerprint density at radius 2 is 1.18 bits per heavy atom. The second-order valence-electron chi connectivity index (χ2n) is 10.8. The van der Waals surface area contributed by atoms with E-state index in [0.29, 0.717) is 0 Å². The highest BCUT2D eigenvalue weighted by Crippen LogP contribution is 2.37. The maximum Gasteiger partial charge on any atom is 0.00834 e. The van der Waals surface area contributed by atoms with Gasteiger partial charge in [0.15, 0.2) is 0 Å². The first-order valence-electron chi connectivity index (χ1n) is 16.2. The van der Waals surface area contributed by atoms with Gasteiger partial charge in [0, 0.05) is 6.42 Å². The molecule has 0 unspecified atom stereocenters. The van der Waals surface area contributed by atoms with E-state index in [-0.39, 0.29) is 0 Å². The van der Waals surface area contributed by atoms with Crippen molar-refractivity contribution in [1.82, 2.24) is 0 Å². The first-order chi connectivity index (χ1) is 18.2. The van der Waals surface area contributed by atoms with Gasteiger partial charge in [-0.15, -0.1) is 25.5 Å². The number of hydrogen-bond acceptors (Lipinski definition) is 0. The zero-order valence-electron chi connectivity index (χ0n) is 28.5. The average Bonchev–Trinajstić information content (AvgIpc) is 2.91. The van der Waals surface area contributed by atoms with E-state index in [1.54, 1.807) is 0 Å². The lowest BCUT2D eigenvalue weighted by Gasteiger charge is -2.33. The van der Waals surface area contributed by atoms with Crippen molar-refractivity contribution in [2.24, 2.45) is 23.7 Å². The van der Waals surface area contributed by atoms with Crippen LogP contribution in [0.5, 0.6) is 0 Å². The second kappa shape index (κ2) is 33.5. The molecule has 3 rings (SSSR count). The van der Waals surface area contributed by atoms with Gasteiger partial charge >= 0.3 is 0 Å². The van der Waals surface area contributed by atoms with E-state index in [1.165, 1.54) is 74.5 Å². The van der Waals surface area contributed by atoms with Gasteiger partial charge in [0.1, 0.15) is 0 Å². The number of terminal acetylenes is 1. The van der Waals surface area contributed by atoms with Gasteiger partial charge in [-0.1, -0.05) is 138 Å². The molecule has 0 atom stereocenters. The van der Waals surface area contributed by atoms with Crippen LogP contribution in [-0.2, 0) is 6.42 Å². The van der Waals surface area contributed by atoms with Crippen molar-refractivity contribution in [2.75, 3.05) is 0 Å². The molecule has 0 amide bonds. The van der Waals surface area contributed by atoms with Crippen LogP contribution in [-0.4, -0.2) is 0 Å². The molecule has 0 aliphatic heterocycles. The van der Waals surface area contributed by atoms with Crippen LogP contribution in [0.25, 0.3) is 0 Å². The molecular weight excluding hydrogens is 456 g/mol. The Hall–Kier alpha value is -1.48. The van der Waals surface area contributed by atoms with Gasteiger partial charge in [-0.2, -0.15) is 0 Å². The summed E-state index contributed by atoms with van der Waals surface area (Å²) >= 11 is 0. The van der Waals surface area contributed by atoms with E-state index in [1.807, 2.05) is 13.8 Å². The summed E-state index contributed by atoms with van der Waals surface area (Å²) < 4.78 is 0.